The van der Waals surface area contributed by atoms with Crippen LogP contribution in [0, 0.1) is 0 Å². The van der Waals surface area contributed by atoms with Crippen LogP contribution in [0.1, 0.15) is 11.1 Å². The van der Waals surface area contributed by atoms with Gasteiger partial charge in [0, 0.05) is 30.4 Å². The van der Waals surface area contributed by atoms with Crippen molar-refractivity contribution in [1.82, 2.24) is 4.90 Å². The van der Waals surface area contributed by atoms with Crippen LogP contribution in [0.5, 0.6) is 0 Å². The molecule has 0 N–H and O–H groups in total. The molecule has 0 aromatic heterocycles. The van der Waals surface area contributed by atoms with Crippen LogP contribution in [-0.4, -0.2) is 17.9 Å². The van der Waals surface area contributed by atoms with Gasteiger partial charge in [-0.15, -0.1) is 0 Å². The minimum absolute atomic E-state index is 0.0432. The van der Waals surface area contributed by atoms with E-state index in [2.05, 4.69) is 12.1 Å². The molecule has 27 heavy (non-hydrogen) atoms. The lowest BCUT2D eigenvalue weighted by Gasteiger charge is -2.18. The van der Waals surface area contributed by atoms with Crippen LogP contribution in [0.3, 0.4) is 0 Å². The molecule has 0 radical (unpaired) electrons. The molecule has 134 valence electrons. The second-order valence-electron chi connectivity index (χ2n) is 6.58. The summed E-state index contributed by atoms with van der Waals surface area (Å²) in [5, 5.41) is 0.608. The Morgan fingerprint density at radius 3 is 2.48 bits per heavy atom. The molecule has 1 amide bonds. The third-order valence-corrected chi connectivity index (χ3v) is 4.79. The van der Waals surface area contributed by atoms with Gasteiger partial charge in [-0.05, 0) is 29.8 Å². The second kappa shape index (κ2) is 7.29. The summed E-state index contributed by atoms with van der Waals surface area (Å²) >= 11 is 6.15. The number of para-hydroxylation sites is 1. The molecule has 3 nitrogen and oxygen atoms in total. The number of fused-ring (bicyclic) bond motifs is 1. The predicted octanol–water partition coefficient (Wildman–Crippen LogP) is 5.49. The van der Waals surface area contributed by atoms with Gasteiger partial charge in [0.1, 0.15) is 0 Å². The highest BCUT2D eigenvalue weighted by atomic mass is 35.5. The fourth-order valence-corrected chi connectivity index (χ4v) is 3.56. The van der Waals surface area contributed by atoms with Gasteiger partial charge in [-0.3, -0.25) is 9.69 Å². The van der Waals surface area contributed by atoms with Gasteiger partial charge in [-0.2, -0.15) is 0 Å². The van der Waals surface area contributed by atoms with Crippen LogP contribution in [-0.2, 0) is 11.3 Å². The number of hydrogen-bond donors (Lipinski definition) is 0. The molecular weight excluding hydrogens is 356 g/mol. The number of rotatable bonds is 4. The first-order valence-electron chi connectivity index (χ1n) is 8.79. The first-order valence-corrected chi connectivity index (χ1v) is 9.17. The van der Waals surface area contributed by atoms with Crippen molar-refractivity contribution in [2.24, 2.45) is 0 Å². The Morgan fingerprint density at radius 1 is 0.963 bits per heavy atom. The minimum Gasteiger partial charge on any atom is -0.375 e. The molecule has 0 atom stereocenters. The molecule has 0 unspecified atom stereocenters. The minimum atomic E-state index is -0.0432. The number of nitrogens with zero attached hydrogens (tertiary/aromatic N) is 2. The van der Waals surface area contributed by atoms with E-state index in [0.717, 1.165) is 23.5 Å². The first kappa shape index (κ1) is 17.4. The molecule has 0 saturated heterocycles. The molecule has 0 bridgehead atoms. The van der Waals surface area contributed by atoms with Crippen molar-refractivity contribution >= 4 is 34.5 Å². The van der Waals surface area contributed by atoms with Crippen LogP contribution in [0.2, 0.25) is 5.02 Å². The van der Waals surface area contributed by atoms with Crippen molar-refractivity contribution < 1.29 is 4.79 Å². The summed E-state index contributed by atoms with van der Waals surface area (Å²) < 4.78 is 0. The molecule has 1 aliphatic heterocycles. The quantitative estimate of drug-likeness (QED) is 0.563. The van der Waals surface area contributed by atoms with E-state index < -0.39 is 0 Å². The number of halogens is 1. The number of carbonyl (C=O) groups excluding carboxylic acids is 1. The summed E-state index contributed by atoms with van der Waals surface area (Å²) in [6.45, 7) is 0.733. The maximum absolute atomic E-state index is 13.3. The van der Waals surface area contributed by atoms with E-state index in [1.54, 1.807) is 4.90 Å². The molecular formula is C23H19ClN2O. The lowest BCUT2D eigenvalue weighted by molar-refractivity contribution is -0.112. The highest BCUT2D eigenvalue weighted by Gasteiger charge is 2.33. The zero-order valence-corrected chi connectivity index (χ0v) is 15.7. The lowest BCUT2D eigenvalue weighted by atomic mass is 10.1. The average Bonchev–Trinajstić information content (AvgIpc) is 2.94. The summed E-state index contributed by atoms with van der Waals surface area (Å²) in [7, 11) is 1.98. The van der Waals surface area contributed by atoms with Gasteiger partial charge >= 0.3 is 0 Å². The zero-order chi connectivity index (χ0) is 18.8. The van der Waals surface area contributed by atoms with E-state index >= 15 is 0 Å². The monoisotopic (exact) mass is 374 g/mol. The summed E-state index contributed by atoms with van der Waals surface area (Å²) in [5.41, 5.74) is 4.46. The maximum Gasteiger partial charge on any atom is 0.265 e. The third-order valence-electron chi connectivity index (χ3n) is 4.56. The van der Waals surface area contributed by atoms with E-state index in [9.17, 15) is 4.79 Å². The van der Waals surface area contributed by atoms with Crippen LogP contribution < -0.4 is 4.90 Å². The molecule has 3 aromatic carbocycles. The molecule has 3 aromatic rings. The van der Waals surface area contributed by atoms with Gasteiger partial charge in [0.2, 0.25) is 0 Å². The summed E-state index contributed by atoms with van der Waals surface area (Å²) in [5.74, 6) is -0.0432. The Labute approximate surface area is 164 Å². The van der Waals surface area contributed by atoms with Gasteiger partial charge < -0.3 is 4.90 Å². The largest absolute Gasteiger partial charge is 0.375 e. The van der Waals surface area contributed by atoms with Crippen LogP contribution in [0.25, 0.3) is 5.57 Å². The average molecular weight is 375 g/mol. The smallest absolute Gasteiger partial charge is 0.265 e. The Balaban J connectivity index is 1.71. The van der Waals surface area contributed by atoms with Gasteiger partial charge in [-0.25, -0.2) is 0 Å². The zero-order valence-electron chi connectivity index (χ0n) is 15.0. The molecule has 4 rings (SSSR count). The second-order valence-corrected chi connectivity index (χ2v) is 7.02. The van der Waals surface area contributed by atoms with Crippen LogP contribution in [0.15, 0.2) is 85.1 Å². The van der Waals surface area contributed by atoms with E-state index in [4.69, 9.17) is 11.6 Å². The number of hydrogen-bond acceptors (Lipinski definition) is 2. The molecule has 1 aliphatic rings. The van der Waals surface area contributed by atoms with Crippen molar-refractivity contribution in [3.63, 3.8) is 0 Å². The number of amides is 1. The lowest BCUT2D eigenvalue weighted by Crippen LogP contribution is -2.21. The first-order chi connectivity index (χ1) is 13.1. The van der Waals surface area contributed by atoms with Crippen molar-refractivity contribution in [2.75, 3.05) is 11.9 Å². The van der Waals surface area contributed by atoms with Crippen molar-refractivity contribution in [3.8, 4) is 0 Å². The van der Waals surface area contributed by atoms with Gasteiger partial charge in [0.05, 0.1) is 16.9 Å². The summed E-state index contributed by atoms with van der Waals surface area (Å²) in [4.78, 5) is 17.0. The fourth-order valence-electron chi connectivity index (χ4n) is 3.38. The Bertz CT molecular complexity index is 1010. The predicted molar refractivity (Wildman–Crippen MR) is 111 cm³/mol. The van der Waals surface area contributed by atoms with Gasteiger partial charge in [0.15, 0.2) is 0 Å². The number of benzene rings is 3. The molecule has 0 fully saturated rings. The fraction of sp³-hybridized carbons (Fsp3) is 0.0870. The van der Waals surface area contributed by atoms with Gasteiger partial charge in [0.25, 0.3) is 5.91 Å². The van der Waals surface area contributed by atoms with E-state index in [0.29, 0.717) is 10.6 Å². The Hall–Kier alpha value is -3.04. The maximum atomic E-state index is 13.3. The van der Waals surface area contributed by atoms with E-state index in [1.807, 2.05) is 84.9 Å². The van der Waals surface area contributed by atoms with E-state index in [-0.39, 0.29) is 5.91 Å². The molecule has 0 spiro atoms. The van der Waals surface area contributed by atoms with E-state index in [1.165, 1.54) is 5.56 Å². The number of anilines is 2. The highest BCUT2D eigenvalue weighted by Crippen LogP contribution is 2.41. The SMILES string of the molecule is CN(C=C1C(=O)N(c2cccc(Cl)c2)c2ccccc21)Cc1ccccc1. The van der Waals surface area contributed by atoms with Crippen LogP contribution >= 0.6 is 11.6 Å². The van der Waals surface area contributed by atoms with Crippen molar-refractivity contribution in [1.29, 1.82) is 0 Å². The molecule has 4 heteroatoms. The standard InChI is InChI=1S/C23H19ClN2O/c1-25(15-17-8-3-2-4-9-17)16-21-20-12-5-6-13-22(20)26(23(21)27)19-11-7-10-18(24)14-19/h2-14,16H,15H2,1H3. The third kappa shape index (κ3) is 3.46. The Morgan fingerprint density at radius 2 is 1.70 bits per heavy atom. The van der Waals surface area contributed by atoms with Crippen molar-refractivity contribution in [3.05, 3.63) is 101 Å². The highest BCUT2D eigenvalue weighted by molar-refractivity contribution is 6.35. The Kier molecular flexibility index (Phi) is 4.69. The summed E-state index contributed by atoms with van der Waals surface area (Å²) in [6, 6.07) is 25.4. The molecule has 0 aliphatic carbocycles. The molecule has 0 saturated carbocycles. The van der Waals surface area contributed by atoms with Crippen molar-refractivity contribution in [2.45, 2.75) is 6.54 Å². The van der Waals surface area contributed by atoms with Crippen LogP contribution in [0.4, 0.5) is 11.4 Å². The number of carbonyl (C=O) groups is 1. The topological polar surface area (TPSA) is 23.6 Å². The summed E-state index contributed by atoms with van der Waals surface area (Å²) in [6.07, 6.45) is 1.93. The molecule has 1 heterocycles. The normalized spacial score (nSPS) is 14.5. The van der Waals surface area contributed by atoms with Gasteiger partial charge in [-0.1, -0.05) is 66.2 Å².